The van der Waals surface area contributed by atoms with Crippen molar-refractivity contribution < 1.29 is 20.4 Å². The van der Waals surface area contributed by atoms with Crippen LogP contribution in [0.2, 0.25) is 0 Å². The Bertz CT molecular complexity index is 1080. The fourth-order valence-corrected chi connectivity index (χ4v) is 4.83. The Morgan fingerprint density at radius 1 is 0.941 bits per heavy atom. The topological polar surface area (TPSA) is 112 Å². The predicted octanol–water partition coefficient (Wildman–Crippen LogP) is 2.43. The molecule has 3 aromatic rings. The lowest BCUT2D eigenvalue weighted by Gasteiger charge is -2.43. The van der Waals surface area contributed by atoms with Gasteiger partial charge in [-0.05, 0) is 65.8 Å². The minimum absolute atomic E-state index is 0.202. The second-order valence-electron chi connectivity index (χ2n) is 9.60. The molecule has 2 aromatic carbocycles. The average molecular weight is 464 g/mol. The predicted molar refractivity (Wildman–Crippen MR) is 131 cm³/mol. The maximum atomic E-state index is 10.2. The fraction of sp³-hybridized carbons (Fsp3) is 0.407. The monoisotopic (exact) mass is 463 g/mol. The Morgan fingerprint density at radius 2 is 1.71 bits per heavy atom. The van der Waals surface area contributed by atoms with Gasteiger partial charge in [0.2, 0.25) is 0 Å². The largest absolute Gasteiger partial charge is 0.395 e. The molecule has 1 saturated heterocycles. The van der Waals surface area contributed by atoms with E-state index in [9.17, 15) is 20.4 Å². The molecule has 0 bridgehead atoms. The van der Waals surface area contributed by atoms with Crippen molar-refractivity contribution in [2.45, 2.75) is 56.2 Å². The van der Waals surface area contributed by atoms with Crippen LogP contribution in [0.15, 0.2) is 60.8 Å². The van der Waals surface area contributed by atoms with Gasteiger partial charge in [-0.15, -0.1) is 0 Å². The van der Waals surface area contributed by atoms with Crippen LogP contribution in [0.3, 0.4) is 0 Å². The van der Waals surface area contributed by atoms with E-state index >= 15 is 0 Å². The zero-order valence-corrected chi connectivity index (χ0v) is 19.1. The van der Waals surface area contributed by atoms with Crippen molar-refractivity contribution in [2.24, 2.45) is 0 Å². The molecule has 6 N–H and O–H groups in total. The van der Waals surface area contributed by atoms with Gasteiger partial charge in [0.15, 0.2) is 0 Å². The minimum Gasteiger partial charge on any atom is -0.395 e. The highest BCUT2D eigenvalue weighted by atomic mass is 16.4. The number of piperidine rings is 1. The first-order valence-electron chi connectivity index (χ1n) is 12.0. The van der Waals surface area contributed by atoms with Gasteiger partial charge in [-0.25, -0.2) is 0 Å². The van der Waals surface area contributed by atoms with Crippen molar-refractivity contribution in [3.63, 3.8) is 0 Å². The SMILES string of the molecule is OC[C@@H]1[C@@H](O)[C@H](O)[C@@H](O)CN1Cc1ccc(CNc2cc(-c3ccc[nH]3)cc(C3CC3)c2)cc1. The Labute approximate surface area is 199 Å². The molecule has 1 aliphatic carbocycles. The fourth-order valence-electron chi connectivity index (χ4n) is 4.83. The highest BCUT2D eigenvalue weighted by Crippen LogP contribution is 2.42. The summed E-state index contributed by atoms with van der Waals surface area (Å²) in [5.74, 6) is 0.672. The molecule has 1 aliphatic heterocycles. The number of aromatic nitrogens is 1. The summed E-state index contributed by atoms with van der Waals surface area (Å²) in [5.41, 5.74) is 6.98. The molecule has 0 radical (unpaired) electrons. The third kappa shape index (κ3) is 5.04. The van der Waals surface area contributed by atoms with E-state index in [-0.39, 0.29) is 13.2 Å². The minimum atomic E-state index is -1.24. The first-order chi connectivity index (χ1) is 16.5. The zero-order chi connectivity index (χ0) is 23.7. The number of benzene rings is 2. The molecule has 2 aliphatic rings. The summed E-state index contributed by atoms with van der Waals surface area (Å²) < 4.78 is 0. The summed E-state index contributed by atoms with van der Waals surface area (Å²) in [6.07, 6.45) is 1.01. The summed E-state index contributed by atoms with van der Waals surface area (Å²) in [4.78, 5) is 5.12. The maximum absolute atomic E-state index is 10.2. The van der Waals surface area contributed by atoms with Crippen molar-refractivity contribution in [1.82, 2.24) is 9.88 Å². The number of hydrogen-bond donors (Lipinski definition) is 6. The van der Waals surface area contributed by atoms with E-state index < -0.39 is 24.4 Å². The molecule has 1 saturated carbocycles. The van der Waals surface area contributed by atoms with Gasteiger partial charge in [-0.2, -0.15) is 0 Å². The molecule has 34 heavy (non-hydrogen) atoms. The summed E-state index contributed by atoms with van der Waals surface area (Å²) >= 11 is 0. The Morgan fingerprint density at radius 3 is 2.38 bits per heavy atom. The number of aromatic amines is 1. The molecule has 4 atom stereocenters. The van der Waals surface area contributed by atoms with Crippen LogP contribution in [0.25, 0.3) is 11.3 Å². The number of likely N-dealkylation sites (tertiary alicyclic amines) is 1. The normalized spacial score (nSPS) is 25.4. The molecule has 0 amide bonds. The lowest BCUT2D eigenvalue weighted by atomic mass is 9.93. The van der Waals surface area contributed by atoms with Crippen molar-refractivity contribution >= 4 is 5.69 Å². The van der Waals surface area contributed by atoms with E-state index in [0.29, 0.717) is 19.0 Å². The zero-order valence-electron chi connectivity index (χ0n) is 19.1. The molecular weight excluding hydrogens is 430 g/mol. The molecule has 0 spiro atoms. The third-order valence-corrected chi connectivity index (χ3v) is 7.03. The van der Waals surface area contributed by atoms with Crippen LogP contribution in [-0.4, -0.2) is 67.8 Å². The van der Waals surface area contributed by atoms with Crippen molar-refractivity contribution in [1.29, 1.82) is 0 Å². The molecule has 2 heterocycles. The lowest BCUT2D eigenvalue weighted by molar-refractivity contribution is -0.147. The second kappa shape index (κ2) is 9.90. The summed E-state index contributed by atoms with van der Waals surface area (Å²) in [7, 11) is 0. The maximum Gasteiger partial charge on any atom is 0.109 e. The molecule has 7 heteroatoms. The Hall–Kier alpha value is -2.68. The van der Waals surface area contributed by atoms with Crippen LogP contribution >= 0.6 is 0 Å². The number of nitrogens with one attached hydrogen (secondary N) is 2. The van der Waals surface area contributed by atoms with Gasteiger partial charge in [0, 0.05) is 42.8 Å². The number of aliphatic hydroxyl groups is 4. The van der Waals surface area contributed by atoms with Crippen molar-refractivity contribution in [3.8, 4) is 11.3 Å². The molecule has 1 aromatic heterocycles. The van der Waals surface area contributed by atoms with Crippen LogP contribution in [0.4, 0.5) is 5.69 Å². The molecule has 5 rings (SSSR count). The average Bonchev–Trinajstić information content (AvgIpc) is 3.56. The van der Waals surface area contributed by atoms with Gasteiger partial charge < -0.3 is 30.7 Å². The quantitative estimate of drug-likeness (QED) is 0.306. The van der Waals surface area contributed by atoms with Crippen molar-refractivity contribution in [3.05, 3.63) is 77.5 Å². The number of rotatable bonds is 8. The van der Waals surface area contributed by atoms with Gasteiger partial charge >= 0.3 is 0 Å². The Balaban J connectivity index is 1.24. The smallest absolute Gasteiger partial charge is 0.109 e. The first-order valence-corrected chi connectivity index (χ1v) is 12.0. The van der Waals surface area contributed by atoms with Gasteiger partial charge in [-0.1, -0.05) is 24.3 Å². The van der Waals surface area contributed by atoms with Crippen LogP contribution in [0, 0.1) is 0 Å². The van der Waals surface area contributed by atoms with Crippen LogP contribution in [0.1, 0.15) is 35.4 Å². The number of hydrogen-bond acceptors (Lipinski definition) is 6. The molecule has 0 unspecified atom stereocenters. The number of H-pyrrole nitrogens is 1. The standard InChI is InChI=1S/C27H33N3O4/c31-16-24-26(33)27(34)25(32)15-30(24)14-18-5-3-17(4-6-18)13-29-22-11-20(19-7-8-19)10-21(12-22)23-2-1-9-28-23/h1-6,9-12,19,24-29,31-34H,7-8,13-16H2/t24-,25+,26-,27-/m1/s1. The van der Waals surface area contributed by atoms with Gasteiger partial charge in [-0.3, -0.25) is 4.90 Å². The Kier molecular flexibility index (Phi) is 6.72. The highest BCUT2D eigenvalue weighted by Gasteiger charge is 2.40. The van der Waals surface area contributed by atoms with Gasteiger partial charge in [0.05, 0.1) is 18.8 Å². The molecule has 2 fully saturated rings. The number of aliphatic hydroxyl groups excluding tert-OH is 4. The number of β-amino-alcohol motifs (C(OH)–C–C–N with tert-alkyl or cyclic N) is 1. The van der Waals surface area contributed by atoms with Crippen LogP contribution in [0.5, 0.6) is 0 Å². The molecular formula is C27H33N3O4. The third-order valence-electron chi connectivity index (χ3n) is 7.03. The van der Waals surface area contributed by atoms with Gasteiger partial charge in [0.1, 0.15) is 12.2 Å². The van der Waals surface area contributed by atoms with Crippen LogP contribution in [-0.2, 0) is 13.1 Å². The van der Waals surface area contributed by atoms with Crippen molar-refractivity contribution in [2.75, 3.05) is 18.5 Å². The lowest BCUT2D eigenvalue weighted by Crippen LogP contribution is -2.62. The summed E-state index contributed by atoms with van der Waals surface area (Å²) in [6.45, 7) is 1.10. The van der Waals surface area contributed by atoms with E-state index in [1.807, 2.05) is 29.3 Å². The van der Waals surface area contributed by atoms with E-state index in [2.05, 4.69) is 46.7 Å². The highest BCUT2D eigenvalue weighted by molar-refractivity contribution is 5.67. The van der Waals surface area contributed by atoms with E-state index in [1.54, 1.807) is 0 Å². The molecule has 7 nitrogen and oxygen atoms in total. The summed E-state index contributed by atoms with van der Waals surface area (Å²) in [5, 5.41) is 43.4. The summed E-state index contributed by atoms with van der Waals surface area (Å²) in [6, 6.07) is 18.4. The molecule has 180 valence electrons. The number of anilines is 1. The second-order valence-corrected chi connectivity index (χ2v) is 9.60. The van der Waals surface area contributed by atoms with E-state index in [4.69, 9.17) is 0 Å². The van der Waals surface area contributed by atoms with Gasteiger partial charge in [0.25, 0.3) is 0 Å². The first kappa shape index (κ1) is 23.1. The van der Waals surface area contributed by atoms with E-state index in [0.717, 1.165) is 22.5 Å². The van der Waals surface area contributed by atoms with E-state index in [1.165, 1.54) is 24.0 Å². The number of nitrogens with zero attached hydrogens (tertiary/aromatic N) is 1. The van der Waals surface area contributed by atoms with Crippen LogP contribution < -0.4 is 5.32 Å².